The molecule has 0 aliphatic rings. The minimum absolute atomic E-state index is 0.126. The lowest BCUT2D eigenvalue weighted by molar-refractivity contribution is 0.0734. The van der Waals surface area contributed by atoms with Crippen molar-refractivity contribution in [1.29, 1.82) is 0 Å². The molecule has 0 aromatic heterocycles. The number of hydrazone groups is 1. The quantitative estimate of drug-likeness (QED) is 0.291. The summed E-state index contributed by atoms with van der Waals surface area (Å²) < 4.78 is 29.8. The van der Waals surface area contributed by atoms with Gasteiger partial charge in [0.15, 0.2) is 0 Å². The van der Waals surface area contributed by atoms with E-state index >= 15 is 0 Å². The molecule has 0 saturated carbocycles. The Labute approximate surface area is 169 Å². The predicted molar refractivity (Wildman–Crippen MR) is 112 cm³/mol. The zero-order chi connectivity index (χ0) is 20.9. The summed E-state index contributed by atoms with van der Waals surface area (Å²) in [6, 6.07) is 20.1. The Kier molecular flexibility index (Phi) is 6.09. The molecule has 0 amide bonds. The lowest BCUT2D eigenvalue weighted by Gasteiger charge is -2.06. The van der Waals surface area contributed by atoms with Crippen LogP contribution in [0.3, 0.4) is 0 Å². The van der Waals surface area contributed by atoms with E-state index in [9.17, 15) is 13.2 Å². The van der Waals surface area contributed by atoms with Gasteiger partial charge in [-0.15, -0.1) is 0 Å². The first-order valence-electron chi connectivity index (χ1n) is 8.84. The van der Waals surface area contributed by atoms with E-state index in [0.717, 1.165) is 11.1 Å². The number of benzene rings is 3. The number of carbonyl (C=O) groups is 1. The summed E-state index contributed by atoms with van der Waals surface area (Å²) in [6.07, 6.45) is 1.34. The number of aryl methyl sites for hydroxylation is 2. The molecule has 0 bridgehead atoms. The van der Waals surface area contributed by atoms with Crippen LogP contribution < -0.4 is 9.57 Å². The SMILES string of the molecule is Cc1ccc(C(=O)Oc2cccc(/C=N/NS(=O)(=O)c3ccc(C)cc3)c2)cc1. The normalized spacial score (nSPS) is 11.4. The van der Waals surface area contributed by atoms with E-state index in [0.29, 0.717) is 16.9 Å². The number of nitrogens with one attached hydrogen (secondary N) is 1. The van der Waals surface area contributed by atoms with Gasteiger partial charge in [0.25, 0.3) is 10.0 Å². The number of rotatable bonds is 6. The number of sulfonamides is 1. The molecule has 7 heteroatoms. The van der Waals surface area contributed by atoms with Crippen LogP contribution in [-0.2, 0) is 10.0 Å². The van der Waals surface area contributed by atoms with Gasteiger partial charge in [-0.05, 0) is 55.8 Å². The first-order chi connectivity index (χ1) is 13.8. The average molecular weight is 408 g/mol. The van der Waals surface area contributed by atoms with E-state index in [2.05, 4.69) is 9.93 Å². The Morgan fingerprint density at radius 2 is 1.55 bits per heavy atom. The summed E-state index contributed by atoms with van der Waals surface area (Å²) in [7, 11) is -3.75. The lowest BCUT2D eigenvalue weighted by atomic mass is 10.1. The summed E-state index contributed by atoms with van der Waals surface area (Å²) in [5.74, 6) is -0.139. The minimum atomic E-state index is -3.75. The maximum atomic E-state index is 12.2. The van der Waals surface area contributed by atoms with Crippen molar-refractivity contribution in [1.82, 2.24) is 4.83 Å². The second-order valence-corrected chi connectivity index (χ2v) is 8.15. The molecule has 0 saturated heterocycles. The van der Waals surface area contributed by atoms with Crippen molar-refractivity contribution in [2.45, 2.75) is 18.7 Å². The Balaban J connectivity index is 1.67. The third-order valence-corrected chi connectivity index (χ3v) is 5.31. The maximum absolute atomic E-state index is 12.2. The van der Waals surface area contributed by atoms with Crippen LogP contribution in [0.15, 0.2) is 82.8 Å². The molecular formula is C22H20N2O4S. The van der Waals surface area contributed by atoms with E-state index in [1.54, 1.807) is 48.5 Å². The molecule has 0 aliphatic heterocycles. The van der Waals surface area contributed by atoms with Crippen LogP contribution in [0.1, 0.15) is 27.0 Å². The summed E-state index contributed by atoms with van der Waals surface area (Å²) in [5, 5.41) is 3.80. The van der Waals surface area contributed by atoms with Gasteiger partial charge in [0, 0.05) is 0 Å². The van der Waals surface area contributed by atoms with Crippen LogP contribution in [-0.4, -0.2) is 20.6 Å². The van der Waals surface area contributed by atoms with Crippen molar-refractivity contribution in [3.8, 4) is 5.75 Å². The number of esters is 1. The monoisotopic (exact) mass is 408 g/mol. The van der Waals surface area contributed by atoms with Gasteiger partial charge in [-0.25, -0.2) is 9.63 Å². The molecule has 0 fully saturated rings. The highest BCUT2D eigenvalue weighted by Gasteiger charge is 2.12. The van der Waals surface area contributed by atoms with Gasteiger partial charge >= 0.3 is 5.97 Å². The van der Waals surface area contributed by atoms with Crippen LogP contribution in [0.4, 0.5) is 0 Å². The average Bonchev–Trinajstić information content (AvgIpc) is 2.69. The van der Waals surface area contributed by atoms with Gasteiger partial charge in [0.2, 0.25) is 0 Å². The number of hydrogen-bond donors (Lipinski definition) is 1. The highest BCUT2D eigenvalue weighted by Crippen LogP contribution is 2.15. The van der Waals surface area contributed by atoms with E-state index < -0.39 is 16.0 Å². The Morgan fingerprint density at radius 3 is 2.21 bits per heavy atom. The van der Waals surface area contributed by atoms with Crippen LogP contribution in [0, 0.1) is 13.8 Å². The highest BCUT2D eigenvalue weighted by atomic mass is 32.2. The Morgan fingerprint density at radius 1 is 0.931 bits per heavy atom. The smallest absolute Gasteiger partial charge is 0.343 e. The summed E-state index contributed by atoms with van der Waals surface area (Å²) in [4.78, 5) is 14.5. The number of nitrogens with zero attached hydrogens (tertiary/aromatic N) is 1. The van der Waals surface area contributed by atoms with Gasteiger partial charge in [0.1, 0.15) is 5.75 Å². The van der Waals surface area contributed by atoms with Crippen molar-refractivity contribution in [3.63, 3.8) is 0 Å². The van der Waals surface area contributed by atoms with Crippen molar-refractivity contribution in [2.75, 3.05) is 0 Å². The molecule has 0 atom stereocenters. The topological polar surface area (TPSA) is 84.8 Å². The van der Waals surface area contributed by atoms with Gasteiger partial charge in [-0.3, -0.25) is 0 Å². The third-order valence-electron chi connectivity index (χ3n) is 4.07. The second kappa shape index (κ2) is 8.70. The molecule has 0 radical (unpaired) electrons. The standard InChI is InChI=1S/C22H20N2O4S/c1-16-6-10-19(11-7-16)22(25)28-20-5-3-4-18(14-20)15-23-24-29(26,27)21-12-8-17(2)9-13-21/h3-15,24H,1-2H3/b23-15+. The summed E-state index contributed by atoms with van der Waals surface area (Å²) in [6.45, 7) is 3.81. The zero-order valence-corrected chi connectivity index (χ0v) is 16.8. The number of ether oxygens (including phenoxy) is 1. The maximum Gasteiger partial charge on any atom is 0.343 e. The lowest BCUT2D eigenvalue weighted by Crippen LogP contribution is -2.18. The van der Waals surface area contributed by atoms with Crippen LogP contribution >= 0.6 is 0 Å². The molecule has 0 heterocycles. The van der Waals surface area contributed by atoms with Gasteiger partial charge < -0.3 is 4.74 Å². The molecule has 3 aromatic carbocycles. The van der Waals surface area contributed by atoms with E-state index in [1.807, 2.05) is 26.0 Å². The van der Waals surface area contributed by atoms with Crippen molar-refractivity contribution >= 4 is 22.2 Å². The fraction of sp³-hybridized carbons (Fsp3) is 0.0909. The van der Waals surface area contributed by atoms with Crippen molar-refractivity contribution < 1.29 is 17.9 Å². The first kappa shape index (κ1) is 20.3. The zero-order valence-electron chi connectivity index (χ0n) is 16.0. The minimum Gasteiger partial charge on any atom is -0.423 e. The fourth-order valence-electron chi connectivity index (χ4n) is 2.45. The molecule has 0 aliphatic carbocycles. The van der Waals surface area contributed by atoms with E-state index in [4.69, 9.17) is 4.74 Å². The third kappa shape index (κ3) is 5.52. The number of carbonyl (C=O) groups excluding carboxylic acids is 1. The number of hydrogen-bond acceptors (Lipinski definition) is 5. The molecule has 148 valence electrons. The van der Waals surface area contributed by atoms with E-state index in [-0.39, 0.29) is 4.90 Å². The molecule has 3 rings (SSSR count). The molecule has 6 nitrogen and oxygen atoms in total. The molecule has 29 heavy (non-hydrogen) atoms. The molecule has 0 unspecified atom stereocenters. The second-order valence-electron chi connectivity index (χ2n) is 6.49. The van der Waals surface area contributed by atoms with Gasteiger partial charge in [0.05, 0.1) is 16.7 Å². The van der Waals surface area contributed by atoms with Crippen LogP contribution in [0.25, 0.3) is 0 Å². The Bertz CT molecular complexity index is 1140. The highest BCUT2D eigenvalue weighted by molar-refractivity contribution is 7.89. The molecule has 1 N–H and O–H groups in total. The first-order valence-corrected chi connectivity index (χ1v) is 10.3. The Hall–Kier alpha value is -3.45. The molecule has 0 spiro atoms. The molecular weight excluding hydrogens is 388 g/mol. The van der Waals surface area contributed by atoms with Crippen LogP contribution in [0.2, 0.25) is 0 Å². The predicted octanol–water partition coefficient (Wildman–Crippen LogP) is 3.84. The van der Waals surface area contributed by atoms with Crippen LogP contribution in [0.5, 0.6) is 5.75 Å². The van der Waals surface area contributed by atoms with Crippen molar-refractivity contribution in [3.05, 3.63) is 95.1 Å². The largest absolute Gasteiger partial charge is 0.423 e. The van der Waals surface area contributed by atoms with Gasteiger partial charge in [-0.2, -0.15) is 13.5 Å². The van der Waals surface area contributed by atoms with Gasteiger partial charge in [-0.1, -0.05) is 47.5 Å². The molecule has 3 aromatic rings. The van der Waals surface area contributed by atoms with E-state index in [1.165, 1.54) is 18.3 Å². The fourth-order valence-corrected chi connectivity index (χ4v) is 3.25. The van der Waals surface area contributed by atoms with Crippen molar-refractivity contribution in [2.24, 2.45) is 5.10 Å². The summed E-state index contributed by atoms with van der Waals surface area (Å²) in [5.41, 5.74) is 3.03. The summed E-state index contributed by atoms with van der Waals surface area (Å²) >= 11 is 0.